The van der Waals surface area contributed by atoms with Crippen molar-refractivity contribution in [2.75, 3.05) is 0 Å². The molecule has 5 heteroatoms. The summed E-state index contributed by atoms with van der Waals surface area (Å²) in [7, 11) is 0. The van der Waals surface area contributed by atoms with Gasteiger partial charge in [0.1, 0.15) is 0 Å². The van der Waals surface area contributed by atoms with Crippen LogP contribution in [0.2, 0.25) is 0 Å². The van der Waals surface area contributed by atoms with Crippen LogP contribution in [0.1, 0.15) is 22.8 Å². The summed E-state index contributed by atoms with van der Waals surface area (Å²) in [6, 6.07) is 8.17. The van der Waals surface area contributed by atoms with Crippen molar-refractivity contribution in [3.63, 3.8) is 0 Å². The number of carbonyl (C=O) groups excluding carboxylic acids is 1. The van der Waals surface area contributed by atoms with E-state index < -0.39 is 5.91 Å². The van der Waals surface area contributed by atoms with E-state index in [9.17, 15) is 4.79 Å². The van der Waals surface area contributed by atoms with Gasteiger partial charge >= 0.3 is 125 Å². The van der Waals surface area contributed by atoms with Crippen molar-refractivity contribution in [2.45, 2.75) is 20.4 Å². The summed E-state index contributed by atoms with van der Waals surface area (Å²) in [5.41, 5.74) is 9.11. The normalized spacial score (nSPS) is 11.3. The molecule has 2 heterocycles. The molecule has 0 aliphatic carbocycles. The summed E-state index contributed by atoms with van der Waals surface area (Å²) in [6.07, 6.45) is 0. The SMILES string of the molecule is CCn1c2ccc(C)cc2c2cc(C(N)=O)c([As])nc21. The third kappa shape index (κ3) is 1.83. The van der Waals surface area contributed by atoms with E-state index in [0.29, 0.717) is 10.0 Å². The fourth-order valence-electron chi connectivity index (χ4n) is 2.61. The molecule has 4 nitrogen and oxygen atoms in total. The Morgan fingerprint density at radius 3 is 2.75 bits per heavy atom. The van der Waals surface area contributed by atoms with Gasteiger partial charge in [0.15, 0.2) is 0 Å². The van der Waals surface area contributed by atoms with E-state index in [2.05, 4.69) is 58.5 Å². The number of fused-ring (bicyclic) bond motifs is 3. The molecule has 2 aromatic heterocycles. The molecule has 0 spiro atoms. The second kappa shape index (κ2) is 4.64. The van der Waals surface area contributed by atoms with Gasteiger partial charge < -0.3 is 0 Å². The zero-order valence-corrected chi connectivity index (χ0v) is 13.2. The molecule has 0 saturated carbocycles. The van der Waals surface area contributed by atoms with E-state index in [1.54, 1.807) is 0 Å². The summed E-state index contributed by atoms with van der Waals surface area (Å²) in [5, 5.41) is 2.10. The van der Waals surface area contributed by atoms with E-state index in [1.807, 2.05) is 6.07 Å². The van der Waals surface area contributed by atoms with Crippen LogP contribution < -0.4 is 10.2 Å². The molecule has 0 aliphatic rings. The van der Waals surface area contributed by atoms with Gasteiger partial charge in [-0.25, -0.2) is 0 Å². The molecule has 2 N–H and O–H groups in total. The summed E-state index contributed by atoms with van der Waals surface area (Å²) >= 11 is 2.32. The molecular weight excluding hydrogens is 313 g/mol. The minimum absolute atomic E-state index is 0.444. The van der Waals surface area contributed by atoms with Crippen LogP contribution in [0.5, 0.6) is 0 Å². The molecule has 0 fully saturated rings. The molecule has 1 amide bonds. The monoisotopic (exact) mass is 327 g/mol. The number of hydrogen-bond acceptors (Lipinski definition) is 2. The topological polar surface area (TPSA) is 60.9 Å². The number of carbonyl (C=O) groups is 1. The van der Waals surface area contributed by atoms with Crippen molar-refractivity contribution < 1.29 is 4.79 Å². The van der Waals surface area contributed by atoms with Gasteiger partial charge in [-0.2, -0.15) is 0 Å². The average molecular weight is 327 g/mol. The molecule has 0 unspecified atom stereocenters. The zero-order chi connectivity index (χ0) is 14.4. The first-order valence-electron chi connectivity index (χ1n) is 6.45. The summed E-state index contributed by atoms with van der Waals surface area (Å²) < 4.78 is 2.78. The van der Waals surface area contributed by atoms with Crippen LogP contribution in [0.15, 0.2) is 24.3 Å². The summed E-state index contributed by atoms with van der Waals surface area (Å²) in [6.45, 7) is 4.98. The maximum atomic E-state index is 11.5. The summed E-state index contributed by atoms with van der Waals surface area (Å²) in [4.78, 5) is 16.1. The second-order valence-corrected chi connectivity index (χ2v) is 5.75. The summed E-state index contributed by atoms with van der Waals surface area (Å²) in [5.74, 6) is -0.444. The van der Waals surface area contributed by atoms with E-state index in [-0.39, 0.29) is 0 Å². The van der Waals surface area contributed by atoms with Crippen molar-refractivity contribution in [3.8, 4) is 0 Å². The van der Waals surface area contributed by atoms with Crippen LogP contribution in [0.3, 0.4) is 0 Å². The number of nitrogens with zero attached hydrogens (tertiary/aromatic N) is 2. The van der Waals surface area contributed by atoms with Crippen molar-refractivity contribution in [3.05, 3.63) is 35.4 Å². The molecule has 3 aromatic rings. The molecule has 0 saturated heterocycles. The first-order chi connectivity index (χ1) is 9.52. The third-order valence-electron chi connectivity index (χ3n) is 3.55. The Labute approximate surface area is 125 Å². The fourth-order valence-corrected chi connectivity index (χ4v) is 3.18. The van der Waals surface area contributed by atoms with Crippen molar-refractivity contribution >= 4 is 49.2 Å². The van der Waals surface area contributed by atoms with Crippen LogP contribution >= 0.6 is 0 Å². The number of nitrogens with two attached hydrogens (primary N) is 1. The number of benzene rings is 1. The quantitative estimate of drug-likeness (QED) is 0.724. The van der Waals surface area contributed by atoms with Crippen molar-refractivity contribution in [1.82, 2.24) is 9.55 Å². The van der Waals surface area contributed by atoms with Crippen LogP contribution in [-0.4, -0.2) is 32.3 Å². The number of amides is 1. The van der Waals surface area contributed by atoms with Crippen LogP contribution in [0, 0.1) is 6.92 Å². The van der Waals surface area contributed by atoms with Crippen LogP contribution in [-0.2, 0) is 6.54 Å². The van der Waals surface area contributed by atoms with Gasteiger partial charge in [0.25, 0.3) is 0 Å². The Balaban J connectivity index is 2.53. The van der Waals surface area contributed by atoms with E-state index in [1.165, 1.54) is 5.56 Å². The van der Waals surface area contributed by atoms with Crippen LogP contribution in [0.4, 0.5) is 0 Å². The van der Waals surface area contributed by atoms with Gasteiger partial charge in [0.2, 0.25) is 0 Å². The second-order valence-electron chi connectivity index (χ2n) is 4.86. The molecule has 0 bridgehead atoms. The first kappa shape index (κ1) is 13.2. The Bertz CT molecular complexity index is 851. The number of aryl methyl sites for hydroxylation is 2. The number of primary amides is 1. The van der Waals surface area contributed by atoms with Gasteiger partial charge in [-0.3, -0.25) is 0 Å². The van der Waals surface area contributed by atoms with Gasteiger partial charge in [-0.1, -0.05) is 0 Å². The standard InChI is InChI=1S/C15H14AsN3O/c1-3-19-12-5-4-8(2)6-9(12)10-7-11(14(17)20)13(16)18-15(10)19/h4-7H,3H2,1-2H3,(H2,17,20). The number of pyridine rings is 1. The molecule has 0 atom stereocenters. The van der Waals surface area contributed by atoms with E-state index in [0.717, 1.165) is 28.5 Å². The van der Waals surface area contributed by atoms with E-state index in [4.69, 9.17) is 5.73 Å². The molecule has 3 rings (SSSR count). The zero-order valence-electron chi connectivity index (χ0n) is 11.3. The Kier molecular flexibility index (Phi) is 3.06. The molecule has 20 heavy (non-hydrogen) atoms. The van der Waals surface area contributed by atoms with Gasteiger partial charge in [0.05, 0.1) is 0 Å². The molecule has 1 aromatic carbocycles. The number of rotatable bonds is 2. The Hall–Kier alpha value is -1.80. The Morgan fingerprint density at radius 1 is 1.35 bits per heavy atom. The minimum atomic E-state index is -0.444. The van der Waals surface area contributed by atoms with Crippen molar-refractivity contribution in [2.24, 2.45) is 5.73 Å². The number of hydrogen-bond donors (Lipinski definition) is 1. The average Bonchev–Trinajstić information content (AvgIpc) is 2.69. The molecular formula is C15H14AsN3O. The van der Waals surface area contributed by atoms with Crippen molar-refractivity contribution in [1.29, 1.82) is 0 Å². The third-order valence-corrected chi connectivity index (χ3v) is 4.27. The van der Waals surface area contributed by atoms with E-state index >= 15 is 0 Å². The Morgan fingerprint density at radius 2 is 2.10 bits per heavy atom. The van der Waals surface area contributed by atoms with Gasteiger partial charge in [0, 0.05) is 0 Å². The van der Waals surface area contributed by atoms with Gasteiger partial charge in [-0.15, -0.1) is 0 Å². The van der Waals surface area contributed by atoms with Gasteiger partial charge in [-0.05, 0) is 0 Å². The van der Waals surface area contributed by atoms with Crippen LogP contribution in [0.25, 0.3) is 21.9 Å². The maximum absolute atomic E-state index is 11.5. The molecule has 100 valence electrons. The first-order valence-corrected chi connectivity index (χ1v) is 7.39. The molecule has 0 aliphatic heterocycles. The number of aromatic nitrogens is 2. The predicted octanol–water partition coefficient (Wildman–Crippen LogP) is 1.41. The predicted molar refractivity (Wildman–Crippen MR) is 81.6 cm³/mol. The molecule has 2 radical (unpaired) electrons. The fraction of sp³-hybridized carbons (Fsp3) is 0.200.